The number of carbonyl (C=O) groups excluding carboxylic acids is 1. The Morgan fingerprint density at radius 2 is 2.24 bits per heavy atom. The van der Waals surface area contributed by atoms with Gasteiger partial charge >= 0.3 is 0 Å². The number of anilines is 1. The first kappa shape index (κ1) is 14.3. The fraction of sp³-hybridized carbons (Fsp3) is 0.562. The number of benzene rings is 1. The van der Waals surface area contributed by atoms with Crippen molar-refractivity contribution in [3.05, 3.63) is 24.3 Å². The average Bonchev–Trinajstić information content (AvgIpc) is 3.20. The summed E-state index contributed by atoms with van der Waals surface area (Å²) in [4.78, 5) is 12.3. The maximum atomic E-state index is 12.3. The summed E-state index contributed by atoms with van der Waals surface area (Å²) in [6.45, 7) is 1.54. The van der Waals surface area contributed by atoms with Gasteiger partial charge in [0.25, 0.3) is 0 Å². The van der Waals surface area contributed by atoms with Gasteiger partial charge in [-0.2, -0.15) is 0 Å². The smallest absolute Gasteiger partial charge is 0.228 e. The van der Waals surface area contributed by atoms with E-state index in [9.17, 15) is 9.18 Å². The van der Waals surface area contributed by atoms with Crippen molar-refractivity contribution in [2.24, 2.45) is 11.3 Å². The quantitative estimate of drug-likeness (QED) is 0.876. The molecule has 114 valence electrons. The minimum atomic E-state index is -0.519. The summed E-state index contributed by atoms with van der Waals surface area (Å²) in [6.07, 6.45) is 3.17. The molecule has 1 aromatic carbocycles. The summed E-state index contributed by atoms with van der Waals surface area (Å²) >= 11 is 0. The molecule has 1 spiro atoms. The Morgan fingerprint density at radius 1 is 1.43 bits per heavy atom. The highest BCUT2D eigenvalue weighted by Gasteiger charge is 2.57. The van der Waals surface area contributed by atoms with Gasteiger partial charge in [-0.1, -0.05) is 6.07 Å². The molecule has 2 fully saturated rings. The Morgan fingerprint density at radius 3 is 3.00 bits per heavy atom. The first-order valence-electron chi connectivity index (χ1n) is 7.54. The molecule has 2 aliphatic rings. The van der Waals surface area contributed by atoms with Crippen molar-refractivity contribution in [2.75, 3.05) is 31.7 Å². The van der Waals surface area contributed by atoms with E-state index < -0.39 is 6.67 Å². The molecule has 1 heterocycles. The number of hydrogen-bond donors (Lipinski definition) is 2. The third kappa shape index (κ3) is 3.18. The lowest BCUT2D eigenvalue weighted by Crippen LogP contribution is -2.31. The third-order valence-corrected chi connectivity index (χ3v) is 4.55. The molecule has 1 amide bonds. The summed E-state index contributed by atoms with van der Waals surface area (Å²) in [5.74, 6) is 0.812. The molecule has 1 saturated heterocycles. The van der Waals surface area contributed by atoms with Crippen LogP contribution in [0.25, 0.3) is 0 Å². The standard InChI is InChI=1S/C16H21FN2O2/c17-6-9-21-13-3-1-2-12(10-13)19-15(20)14-11-16(14)4-7-18-8-5-16/h1-3,10,14,18H,4-9,11H2,(H,19,20). The minimum Gasteiger partial charge on any atom is -0.491 e. The van der Waals surface area contributed by atoms with Crippen LogP contribution in [-0.2, 0) is 4.79 Å². The fourth-order valence-corrected chi connectivity index (χ4v) is 3.25. The van der Waals surface area contributed by atoms with E-state index in [1.165, 1.54) is 0 Å². The van der Waals surface area contributed by atoms with Crippen LogP contribution in [0.2, 0.25) is 0 Å². The highest BCUT2D eigenvalue weighted by Crippen LogP contribution is 2.58. The third-order valence-electron chi connectivity index (χ3n) is 4.55. The van der Waals surface area contributed by atoms with Gasteiger partial charge in [-0.3, -0.25) is 4.79 Å². The maximum Gasteiger partial charge on any atom is 0.228 e. The zero-order valence-corrected chi connectivity index (χ0v) is 12.0. The molecule has 1 aliphatic carbocycles. The Balaban J connectivity index is 1.58. The zero-order valence-electron chi connectivity index (χ0n) is 12.0. The highest BCUT2D eigenvalue weighted by atomic mass is 19.1. The molecule has 1 saturated carbocycles. The molecule has 2 N–H and O–H groups in total. The van der Waals surface area contributed by atoms with Gasteiger partial charge in [0.1, 0.15) is 19.0 Å². The molecular weight excluding hydrogens is 271 g/mol. The second-order valence-electron chi connectivity index (χ2n) is 5.92. The van der Waals surface area contributed by atoms with Crippen molar-refractivity contribution in [1.29, 1.82) is 0 Å². The molecule has 3 rings (SSSR count). The number of amides is 1. The Hall–Kier alpha value is -1.62. The first-order valence-corrected chi connectivity index (χ1v) is 7.54. The van der Waals surface area contributed by atoms with Crippen LogP contribution in [0.15, 0.2) is 24.3 Å². The van der Waals surface area contributed by atoms with Crippen LogP contribution in [0.3, 0.4) is 0 Å². The average molecular weight is 292 g/mol. The van der Waals surface area contributed by atoms with Gasteiger partial charge in [-0.15, -0.1) is 0 Å². The highest BCUT2D eigenvalue weighted by molar-refractivity contribution is 5.95. The van der Waals surface area contributed by atoms with Crippen molar-refractivity contribution in [3.63, 3.8) is 0 Å². The van der Waals surface area contributed by atoms with Gasteiger partial charge < -0.3 is 15.4 Å². The van der Waals surface area contributed by atoms with Crippen molar-refractivity contribution < 1.29 is 13.9 Å². The fourth-order valence-electron chi connectivity index (χ4n) is 3.25. The molecule has 4 nitrogen and oxygen atoms in total. The minimum absolute atomic E-state index is 0.0378. The second kappa shape index (κ2) is 6.02. The van der Waals surface area contributed by atoms with Gasteiger partial charge in [-0.05, 0) is 49.9 Å². The van der Waals surface area contributed by atoms with Crippen LogP contribution < -0.4 is 15.4 Å². The summed E-state index contributed by atoms with van der Waals surface area (Å²) in [6, 6.07) is 7.13. The lowest BCUT2D eigenvalue weighted by Gasteiger charge is -2.23. The number of halogens is 1. The number of hydrogen-bond acceptors (Lipinski definition) is 3. The predicted molar refractivity (Wildman–Crippen MR) is 79.2 cm³/mol. The van der Waals surface area contributed by atoms with Crippen LogP contribution in [-0.4, -0.2) is 32.3 Å². The van der Waals surface area contributed by atoms with Crippen molar-refractivity contribution in [3.8, 4) is 5.75 Å². The van der Waals surface area contributed by atoms with Crippen LogP contribution in [0.4, 0.5) is 10.1 Å². The largest absolute Gasteiger partial charge is 0.491 e. The lowest BCUT2D eigenvalue weighted by atomic mass is 9.92. The zero-order chi connectivity index (χ0) is 14.7. The topological polar surface area (TPSA) is 50.4 Å². The van der Waals surface area contributed by atoms with Gasteiger partial charge in [-0.25, -0.2) is 4.39 Å². The summed E-state index contributed by atoms with van der Waals surface area (Å²) < 4.78 is 17.3. The van der Waals surface area contributed by atoms with E-state index >= 15 is 0 Å². The van der Waals surface area contributed by atoms with Crippen LogP contribution in [0.1, 0.15) is 19.3 Å². The normalized spacial score (nSPS) is 22.8. The molecular formula is C16H21FN2O2. The molecule has 5 heteroatoms. The monoisotopic (exact) mass is 292 g/mol. The number of alkyl halides is 1. The summed E-state index contributed by atoms with van der Waals surface area (Å²) in [5, 5.41) is 6.30. The molecule has 1 unspecified atom stereocenters. The van der Waals surface area contributed by atoms with Crippen LogP contribution in [0.5, 0.6) is 5.75 Å². The lowest BCUT2D eigenvalue weighted by molar-refractivity contribution is -0.118. The van der Waals surface area contributed by atoms with E-state index in [2.05, 4.69) is 10.6 Å². The Labute approximate surface area is 124 Å². The van der Waals surface area contributed by atoms with E-state index in [4.69, 9.17) is 4.74 Å². The van der Waals surface area contributed by atoms with Crippen molar-refractivity contribution >= 4 is 11.6 Å². The SMILES string of the molecule is O=C(Nc1cccc(OCCF)c1)C1CC12CCNCC2. The van der Waals surface area contributed by atoms with Gasteiger partial charge in [0.15, 0.2) is 0 Å². The van der Waals surface area contributed by atoms with Gasteiger partial charge in [0.2, 0.25) is 5.91 Å². The molecule has 0 aromatic heterocycles. The van der Waals surface area contributed by atoms with E-state index in [-0.39, 0.29) is 23.8 Å². The number of piperidine rings is 1. The summed E-state index contributed by atoms with van der Waals surface area (Å²) in [5.41, 5.74) is 0.949. The van der Waals surface area contributed by atoms with Crippen molar-refractivity contribution in [2.45, 2.75) is 19.3 Å². The van der Waals surface area contributed by atoms with Gasteiger partial charge in [0.05, 0.1) is 0 Å². The number of nitrogens with one attached hydrogen (secondary N) is 2. The van der Waals surface area contributed by atoms with Crippen LogP contribution >= 0.6 is 0 Å². The number of carbonyl (C=O) groups is 1. The molecule has 0 radical (unpaired) electrons. The maximum absolute atomic E-state index is 12.3. The molecule has 21 heavy (non-hydrogen) atoms. The number of ether oxygens (including phenoxy) is 1. The van der Waals surface area contributed by atoms with E-state index in [1.54, 1.807) is 18.2 Å². The second-order valence-corrected chi connectivity index (χ2v) is 5.92. The molecule has 1 aromatic rings. The molecule has 1 aliphatic heterocycles. The van der Waals surface area contributed by atoms with Gasteiger partial charge in [0, 0.05) is 17.7 Å². The summed E-state index contributed by atoms with van der Waals surface area (Å²) in [7, 11) is 0. The first-order chi connectivity index (χ1) is 10.2. The Bertz CT molecular complexity index is 515. The van der Waals surface area contributed by atoms with Crippen molar-refractivity contribution in [1.82, 2.24) is 5.32 Å². The van der Waals surface area contributed by atoms with E-state index in [0.717, 1.165) is 32.4 Å². The van der Waals surface area contributed by atoms with E-state index in [0.29, 0.717) is 11.4 Å². The molecule has 1 atom stereocenters. The number of rotatable bonds is 5. The van der Waals surface area contributed by atoms with E-state index in [1.807, 2.05) is 6.07 Å². The Kier molecular flexibility index (Phi) is 4.10. The molecule has 0 bridgehead atoms. The van der Waals surface area contributed by atoms with Crippen LogP contribution in [0, 0.1) is 11.3 Å². The predicted octanol–water partition coefficient (Wildman–Crippen LogP) is 2.36.